The van der Waals surface area contributed by atoms with E-state index in [4.69, 9.17) is 11.6 Å². The number of fused-ring (bicyclic) bond motifs is 1. The van der Waals surface area contributed by atoms with Crippen molar-refractivity contribution in [3.8, 4) is 5.75 Å². The van der Waals surface area contributed by atoms with E-state index in [1.165, 1.54) is 12.1 Å². The van der Waals surface area contributed by atoms with Crippen molar-refractivity contribution < 1.29 is 22.7 Å². The second-order valence-electron chi connectivity index (χ2n) is 7.11. The van der Waals surface area contributed by atoms with Gasteiger partial charge in [0.2, 0.25) is 5.78 Å². The van der Waals surface area contributed by atoms with Gasteiger partial charge in [-0.1, -0.05) is 35.9 Å². The average molecular weight is 451 g/mol. The number of nitrogens with zero attached hydrogens (tertiary/aromatic N) is 3. The molecule has 2 aliphatic heterocycles. The number of benzene rings is 2. The summed E-state index contributed by atoms with van der Waals surface area (Å²) in [4.78, 5) is 21.6. The van der Waals surface area contributed by atoms with Crippen molar-refractivity contribution in [1.29, 1.82) is 0 Å². The van der Waals surface area contributed by atoms with Crippen molar-refractivity contribution in [2.24, 2.45) is 4.99 Å². The van der Waals surface area contributed by atoms with Crippen molar-refractivity contribution in [2.45, 2.75) is 19.1 Å². The molecule has 31 heavy (non-hydrogen) atoms. The molecule has 2 aromatic carbocycles. The first-order chi connectivity index (χ1) is 14.7. The molecular formula is C21H18ClF3N4O2. The molecule has 0 saturated carbocycles. The number of alkyl halides is 3. The molecule has 0 fully saturated rings. The molecule has 0 radical (unpaired) electrons. The Balaban J connectivity index is 1.66. The van der Waals surface area contributed by atoms with Crippen LogP contribution in [0.4, 0.5) is 13.2 Å². The molecule has 1 unspecified atom stereocenters. The highest BCUT2D eigenvalue weighted by Gasteiger charge is 2.39. The third-order valence-electron chi connectivity index (χ3n) is 4.86. The Bertz CT molecular complexity index is 1050. The van der Waals surface area contributed by atoms with Crippen molar-refractivity contribution in [2.75, 3.05) is 13.7 Å². The Hall–Kier alpha value is -3.20. The zero-order valence-corrected chi connectivity index (χ0v) is 17.1. The van der Waals surface area contributed by atoms with Gasteiger partial charge in [-0.2, -0.15) is 0 Å². The SMILES string of the molecule is CN1CNC=C2C1=NC(C(=O)c1cccc(OC(F)(F)F)c1)N2Cc1ccc(Cl)cc1. The van der Waals surface area contributed by atoms with Gasteiger partial charge in [-0.15, -0.1) is 13.2 Å². The minimum atomic E-state index is -4.84. The van der Waals surface area contributed by atoms with Crippen molar-refractivity contribution in [3.05, 3.63) is 76.6 Å². The summed E-state index contributed by atoms with van der Waals surface area (Å²) in [6.45, 7) is 0.883. The van der Waals surface area contributed by atoms with Crippen LogP contribution < -0.4 is 10.1 Å². The minimum absolute atomic E-state index is 0.0760. The van der Waals surface area contributed by atoms with Crippen LogP contribution in [0.15, 0.2) is 65.4 Å². The molecular weight excluding hydrogens is 433 g/mol. The Morgan fingerprint density at radius 1 is 1.26 bits per heavy atom. The highest BCUT2D eigenvalue weighted by Crippen LogP contribution is 2.30. The van der Waals surface area contributed by atoms with Gasteiger partial charge in [0, 0.05) is 30.4 Å². The maximum atomic E-state index is 13.3. The number of aliphatic imine (C=N–C) groups is 1. The predicted molar refractivity (Wildman–Crippen MR) is 110 cm³/mol. The van der Waals surface area contributed by atoms with Crippen LogP contribution in [0.2, 0.25) is 5.02 Å². The molecule has 0 bridgehead atoms. The van der Waals surface area contributed by atoms with E-state index in [1.807, 2.05) is 24.1 Å². The maximum Gasteiger partial charge on any atom is 0.573 e. The van der Waals surface area contributed by atoms with E-state index in [1.54, 1.807) is 23.2 Å². The number of amidine groups is 1. The van der Waals surface area contributed by atoms with Gasteiger partial charge in [0.25, 0.3) is 0 Å². The third kappa shape index (κ3) is 4.61. The van der Waals surface area contributed by atoms with Crippen molar-refractivity contribution in [1.82, 2.24) is 15.1 Å². The highest BCUT2D eigenvalue weighted by molar-refractivity contribution is 6.30. The number of hydrogen-bond acceptors (Lipinski definition) is 6. The maximum absolute atomic E-state index is 13.3. The van der Waals surface area contributed by atoms with Gasteiger partial charge in [0.05, 0.1) is 12.4 Å². The first-order valence-electron chi connectivity index (χ1n) is 9.35. The Kier molecular flexibility index (Phi) is 5.53. The van der Waals surface area contributed by atoms with Crippen LogP contribution in [-0.2, 0) is 6.54 Å². The molecule has 4 rings (SSSR count). The summed E-state index contributed by atoms with van der Waals surface area (Å²) < 4.78 is 41.7. The normalized spacial score (nSPS) is 18.2. The second-order valence-corrected chi connectivity index (χ2v) is 7.55. The van der Waals surface area contributed by atoms with Gasteiger partial charge < -0.3 is 19.9 Å². The van der Waals surface area contributed by atoms with Crippen molar-refractivity contribution >= 4 is 23.2 Å². The van der Waals surface area contributed by atoms with Gasteiger partial charge >= 0.3 is 6.36 Å². The molecule has 0 amide bonds. The van der Waals surface area contributed by atoms with Gasteiger partial charge in [0.1, 0.15) is 5.75 Å². The number of rotatable bonds is 5. The zero-order chi connectivity index (χ0) is 22.2. The van der Waals surface area contributed by atoms with E-state index in [2.05, 4.69) is 15.0 Å². The number of carbonyl (C=O) groups excluding carboxylic acids is 1. The summed E-state index contributed by atoms with van der Waals surface area (Å²) in [5.74, 6) is -0.254. The highest BCUT2D eigenvalue weighted by atomic mass is 35.5. The number of Topliss-reactive ketones (excluding diaryl/α,β-unsaturated/α-hetero) is 1. The lowest BCUT2D eigenvalue weighted by Gasteiger charge is -2.30. The lowest BCUT2D eigenvalue weighted by molar-refractivity contribution is -0.274. The molecule has 6 nitrogen and oxygen atoms in total. The van der Waals surface area contributed by atoms with Gasteiger partial charge in [-0.25, -0.2) is 4.99 Å². The smallest absolute Gasteiger partial charge is 0.406 e. The van der Waals surface area contributed by atoms with Crippen LogP contribution >= 0.6 is 11.6 Å². The lowest BCUT2D eigenvalue weighted by Crippen LogP contribution is -2.42. The van der Waals surface area contributed by atoms with E-state index in [-0.39, 0.29) is 5.56 Å². The Morgan fingerprint density at radius 3 is 2.71 bits per heavy atom. The molecule has 2 heterocycles. The number of nitrogens with one attached hydrogen (secondary N) is 1. The van der Waals surface area contributed by atoms with E-state index in [9.17, 15) is 18.0 Å². The van der Waals surface area contributed by atoms with Gasteiger partial charge in [-0.3, -0.25) is 4.79 Å². The third-order valence-corrected chi connectivity index (χ3v) is 5.11. The van der Waals surface area contributed by atoms with Gasteiger partial charge in [-0.05, 0) is 29.8 Å². The molecule has 10 heteroatoms. The number of ether oxygens (including phenoxy) is 1. The minimum Gasteiger partial charge on any atom is -0.406 e. The van der Waals surface area contributed by atoms with Crippen LogP contribution in [-0.4, -0.2) is 47.7 Å². The standard InChI is InChI=1S/C21H18ClF3N4O2/c1-28-12-26-10-17-19(28)27-20(29(17)11-13-5-7-15(22)8-6-13)18(30)14-3-2-4-16(9-14)31-21(23,24)25/h2-10,20,26H,11-12H2,1H3. The first-order valence-corrected chi connectivity index (χ1v) is 9.73. The quantitative estimate of drug-likeness (QED) is 0.698. The molecule has 1 atom stereocenters. The summed E-state index contributed by atoms with van der Waals surface area (Å²) >= 11 is 5.97. The molecule has 0 spiro atoms. The molecule has 2 aromatic rings. The number of halogens is 4. The number of ketones is 1. The second kappa shape index (κ2) is 8.14. The van der Waals surface area contributed by atoms with Crippen LogP contribution in [0.3, 0.4) is 0 Å². The fourth-order valence-electron chi connectivity index (χ4n) is 3.46. The summed E-state index contributed by atoms with van der Waals surface area (Å²) in [5, 5.41) is 3.72. The van der Waals surface area contributed by atoms with Crippen LogP contribution in [0.5, 0.6) is 5.75 Å². The predicted octanol–water partition coefficient (Wildman–Crippen LogP) is 4.00. The van der Waals surface area contributed by atoms with E-state index >= 15 is 0 Å². The largest absolute Gasteiger partial charge is 0.573 e. The monoisotopic (exact) mass is 450 g/mol. The van der Waals surface area contributed by atoms with Gasteiger partial charge in [0.15, 0.2) is 12.0 Å². The fraction of sp³-hybridized carbons (Fsp3) is 0.238. The fourth-order valence-corrected chi connectivity index (χ4v) is 3.59. The summed E-state index contributed by atoms with van der Waals surface area (Å²) in [6, 6.07) is 12.2. The van der Waals surface area contributed by atoms with Crippen LogP contribution in [0.25, 0.3) is 0 Å². The first kappa shape index (κ1) is 21.0. The number of likely N-dealkylation sites (N-methyl/N-ethyl adjacent to an activating group) is 1. The summed E-state index contributed by atoms with van der Waals surface area (Å²) in [6.07, 6.45) is -3.99. The van der Waals surface area contributed by atoms with E-state index in [0.717, 1.165) is 23.4 Å². The molecule has 1 N–H and O–H groups in total. The number of carbonyl (C=O) groups is 1. The molecule has 0 aromatic heterocycles. The van der Waals surface area contributed by atoms with Crippen molar-refractivity contribution in [3.63, 3.8) is 0 Å². The molecule has 2 aliphatic rings. The molecule has 162 valence electrons. The molecule has 0 aliphatic carbocycles. The van der Waals surface area contributed by atoms with E-state index in [0.29, 0.717) is 24.1 Å². The Morgan fingerprint density at radius 2 is 2.00 bits per heavy atom. The topological polar surface area (TPSA) is 57.2 Å². The lowest BCUT2D eigenvalue weighted by atomic mass is 10.1. The van der Waals surface area contributed by atoms with E-state index < -0.39 is 24.1 Å². The zero-order valence-electron chi connectivity index (χ0n) is 16.4. The summed E-state index contributed by atoms with van der Waals surface area (Å²) in [7, 11) is 1.84. The summed E-state index contributed by atoms with van der Waals surface area (Å²) in [5.41, 5.74) is 1.71. The van der Waals surface area contributed by atoms with Crippen LogP contribution in [0, 0.1) is 0 Å². The van der Waals surface area contributed by atoms with Crippen LogP contribution in [0.1, 0.15) is 15.9 Å². The number of hydrogen-bond donors (Lipinski definition) is 1. The Labute approximate surface area is 181 Å². The molecule has 0 saturated heterocycles. The average Bonchev–Trinajstić information content (AvgIpc) is 3.08.